The Hall–Kier alpha value is -2.94. The maximum atomic E-state index is 13.6. The lowest BCUT2D eigenvalue weighted by atomic mass is 9.86. The number of pyridine rings is 1. The summed E-state index contributed by atoms with van der Waals surface area (Å²) in [4.78, 5) is 29.3. The smallest absolute Gasteiger partial charge is 0.373 e. The number of nitrogens with zero attached hydrogens (tertiary/aromatic N) is 1. The number of aromatic nitrogens is 1. The molecule has 0 amide bonds. The van der Waals surface area contributed by atoms with Crippen molar-refractivity contribution in [2.45, 2.75) is 107 Å². The Morgan fingerprint density at radius 3 is 1.98 bits per heavy atom. The molecule has 1 aliphatic rings. The second-order valence-corrected chi connectivity index (χ2v) is 15.9. The van der Waals surface area contributed by atoms with Gasteiger partial charge in [-0.05, 0) is 116 Å². The van der Waals surface area contributed by atoms with Crippen molar-refractivity contribution in [3.8, 4) is 11.5 Å². The van der Waals surface area contributed by atoms with Crippen molar-refractivity contribution in [3.63, 3.8) is 0 Å². The van der Waals surface area contributed by atoms with Gasteiger partial charge in [-0.1, -0.05) is 19.3 Å². The van der Waals surface area contributed by atoms with Crippen molar-refractivity contribution in [3.05, 3.63) is 51.8 Å². The SMILES string of the molecule is Cc1cc(OCP(=O)(OCOC(=O)C(C)(C)C)OCOC(=O)C(C)(C)C)c(C)c(C)c1Cc1ccc(O)c(C2CCCCC2)n1. The normalized spacial score (nSPS) is 14.7. The van der Waals surface area contributed by atoms with E-state index in [1.165, 1.54) is 6.42 Å². The number of benzene rings is 1. The number of carbonyl (C=O) groups excluding carboxylic acids is 2. The molecule has 1 N–H and O–H groups in total. The first-order valence-corrected chi connectivity index (χ1v) is 17.3. The zero-order chi connectivity index (χ0) is 33.6. The van der Waals surface area contributed by atoms with E-state index in [-0.39, 0.29) is 11.7 Å². The molecule has 0 bridgehead atoms. The first kappa shape index (κ1) is 36.5. The minimum atomic E-state index is -4.05. The Kier molecular flexibility index (Phi) is 12.3. The highest BCUT2D eigenvalue weighted by Gasteiger charge is 2.31. The molecule has 0 saturated heterocycles. The van der Waals surface area contributed by atoms with Crippen LogP contribution in [0.4, 0.5) is 0 Å². The maximum absolute atomic E-state index is 13.6. The fraction of sp³-hybridized carbons (Fsp3) is 0.618. The number of hydrogen-bond acceptors (Lipinski definition) is 10. The quantitative estimate of drug-likeness (QED) is 0.137. The first-order valence-electron chi connectivity index (χ1n) is 15.5. The highest BCUT2D eigenvalue weighted by Crippen LogP contribution is 2.49. The molecule has 3 rings (SSSR count). The lowest BCUT2D eigenvalue weighted by Crippen LogP contribution is -2.25. The van der Waals surface area contributed by atoms with Gasteiger partial charge in [0.05, 0.1) is 16.5 Å². The molecule has 0 aliphatic heterocycles. The third kappa shape index (κ3) is 10.3. The minimum Gasteiger partial charge on any atom is -0.506 e. The molecule has 1 aromatic heterocycles. The Balaban J connectivity index is 1.76. The van der Waals surface area contributed by atoms with E-state index in [0.29, 0.717) is 12.2 Å². The van der Waals surface area contributed by atoms with Gasteiger partial charge in [0.1, 0.15) is 11.5 Å². The standard InChI is InChI=1S/C34H50NO9P/c1-22-17-29(24(3)23(2)27(22)18-26-15-16-28(36)30(35-26)25-13-11-10-12-14-25)42-21-45(39,43-19-40-31(37)33(4,5)6)44-20-41-32(38)34(7,8)9/h15-17,25,36H,10-14,18-21H2,1-9H3. The zero-order valence-corrected chi connectivity index (χ0v) is 29.2. The largest absolute Gasteiger partial charge is 0.506 e. The van der Waals surface area contributed by atoms with Gasteiger partial charge in [0.2, 0.25) is 13.6 Å². The number of carbonyl (C=O) groups is 2. The van der Waals surface area contributed by atoms with Crippen LogP contribution in [-0.4, -0.2) is 42.0 Å². The van der Waals surface area contributed by atoms with E-state index >= 15 is 0 Å². The highest BCUT2D eigenvalue weighted by atomic mass is 31.2. The van der Waals surface area contributed by atoms with Crippen LogP contribution in [0.5, 0.6) is 11.5 Å². The molecular formula is C34H50NO9P. The third-order valence-corrected chi connectivity index (χ3v) is 9.44. The predicted octanol–water partition coefficient (Wildman–Crippen LogP) is 8.01. The number of hydrogen-bond donors (Lipinski definition) is 1. The maximum Gasteiger partial charge on any atom is 0.373 e. The van der Waals surface area contributed by atoms with E-state index in [9.17, 15) is 19.3 Å². The van der Waals surface area contributed by atoms with E-state index in [0.717, 1.165) is 59.3 Å². The summed E-state index contributed by atoms with van der Waals surface area (Å²) >= 11 is 0. The molecule has 2 aromatic rings. The van der Waals surface area contributed by atoms with Crippen LogP contribution in [0.2, 0.25) is 0 Å². The number of esters is 2. The number of rotatable bonds is 12. The van der Waals surface area contributed by atoms with Gasteiger partial charge in [-0.25, -0.2) is 0 Å². The Morgan fingerprint density at radius 2 is 1.44 bits per heavy atom. The van der Waals surface area contributed by atoms with Crippen molar-refractivity contribution >= 4 is 19.5 Å². The van der Waals surface area contributed by atoms with Gasteiger partial charge in [-0.15, -0.1) is 0 Å². The van der Waals surface area contributed by atoms with E-state index in [2.05, 4.69) is 0 Å². The van der Waals surface area contributed by atoms with Crippen molar-refractivity contribution in [2.75, 3.05) is 19.9 Å². The first-order chi connectivity index (χ1) is 20.9. The van der Waals surface area contributed by atoms with E-state index in [4.69, 9.17) is 28.2 Å². The lowest BCUT2D eigenvalue weighted by molar-refractivity contribution is -0.162. The molecule has 0 atom stereocenters. The van der Waals surface area contributed by atoms with Crippen LogP contribution in [0.1, 0.15) is 113 Å². The van der Waals surface area contributed by atoms with Gasteiger partial charge in [-0.3, -0.25) is 28.2 Å². The Morgan fingerprint density at radius 1 is 0.889 bits per heavy atom. The fourth-order valence-corrected chi connectivity index (χ4v) is 5.95. The molecule has 45 heavy (non-hydrogen) atoms. The van der Waals surface area contributed by atoms with Gasteiger partial charge in [-0.2, -0.15) is 0 Å². The molecule has 1 heterocycles. The Labute approximate surface area is 267 Å². The monoisotopic (exact) mass is 647 g/mol. The summed E-state index contributed by atoms with van der Waals surface area (Å²) in [5.74, 6) is -0.0515. The topological polar surface area (TPSA) is 130 Å². The van der Waals surface area contributed by atoms with E-state index in [1.807, 2.05) is 32.9 Å². The molecule has 0 radical (unpaired) electrons. The second kappa shape index (κ2) is 15.1. The van der Waals surface area contributed by atoms with Crippen molar-refractivity contribution in [1.29, 1.82) is 0 Å². The number of aromatic hydroxyl groups is 1. The summed E-state index contributed by atoms with van der Waals surface area (Å²) < 4.78 is 40.7. The molecule has 1 saturated carbocycles. The minimum absolute atomic E-state index is 0.259. The number of ether oxygens (including phenoxy) is 3. The molecule has 0 spiro atoms. The van der Waals surface area contributed by atoms with Gasteiger partial charge in [0, 0.05) is 18.0 Å². The molecule has 1 aromatic carbocycles. The van der Waals surface area contributed by atoms with Gasteiger partial charge in [0.15, 0.2) is 6.35 Å². The second-order valence-electron chi connectivity index (χ2n) is 13.9. The molecule has 1 fully saturated rings. The molecule has 250 valence electrons. The average molecular weight is 648 g/mol. The highest BCUT2D eigenvalue weighted by molar-refractivity contribution is 7.53. The summed E-state index contributed by atoms with van der Waals surface area (Å²) in [6.07, 6.45) is 5.71. The van der Waals surface area contributed by atoms with E-state index in [1.54, 1.807) is 47.6 Å². The lowest BCUT2D eigenvalue weighted by Gasteiger charge is -2.23. The van der Waals surface area contributed by atoms with Crippen molar-refractivity contribution in [1.82, 2.24) is 4.98 Å². The van der Waals surface area contributed by atoms with Crippen molar-refractivity contribution < 1.29 is 42.5 Å². The average Bonchev–Trinajstić information content (AvgIpc) is 2.96. The molecule has 11 heteroatoms. The molecular weight excluding hydrogens is 597 g/mol. The summed E-state index contributed by atoms with van der Waals surface area (Å²) in [6, 6.07) is 5.48. The van der Waals surface area contributed by atoms with Crippen LogP contribution in [0.25, 0.3) is 0 Å². The van der Waals surface area contributed by atoms with Crippen LogP contribution < -0.4 is 4.74 Å². The van der Waals surface area contributed by atoms with E-state index < -0.39 is 50.3 Å². The van der Waals surface area contributed by atoms with Crippen LogP contribution in [0, 0.1) is 31.6 Å². The van der Waals surface area contributed by atoms with Gasteiger partial charge >= 0.3 is 19.5 Å². The predicted molar refractivity (Wildman–Crippen MR) is 171 cm³/mol. The van der Waals surface area contributed by atoms with Gasteiger partial charge in [0.25, 0.3) is 0 Å². The number of aryl methyl sites for hydroxylation is 1. The van der Waals surface area contributed by atoms with Crippen LogP contribution >= 0.6 is 7.60 Å². The summed E-state index contributed by atoms with van der Waals surface area (Å²) in [6.45, 7) is 14.8. The van der Waals surface area contributed by atoms with Crippen LogP contribution in [0.3, 0.4) is 0 Å². The van der Waals surface area contributed by atoms with Gasteiger partial charge < -0.3 is 19.3 Å². The van der Waals surface area contributed by atoms with Crippen LogP contribution in [-0.2, 0) is 39.1 Å². The Bertz CT molecular complexity index is 1370. The summed E-state index contributed by atoms with van der Waals surface area (Å²) in [7, 11) is -4.05. The summed E-state index contributed by atoms with van der Waals surface area (Å²) in [5.41, 5.74) is 3.98. The molecule has 1 aliphatic carbocycles. The molecule has 10 nitrogen and oxygen atoms in total. The van der Waals surface area contributed by atoms with Crippen molar-refractivity contribution in [2.24, 2.45) is 10.8 Å². The summed E-state index contributed by atoms with van der Waals surface area (Å²) in [5, 5.41) is 10.5. The fourth-order valence-electron chi connectivity index (χ4n) is 5.00. The van der Waals surface area contributed by atoms with Crippen LogP contribution in [0.15, 0.2) is 18.2 Å². The molecule has 0 unspecified atom stereocenters. The third-order valence-electron chi connectivity index (χ3n) is 8.00. The zero-order valence-electron chi connectivity index (χ0n) is 28.3.